The van der Waals surface area contributed by atoms with Gasteiger partial charge >= 0.3 is 0 Å². The van der Waals surface area contributed by atoms with Crippen LogP contribution in [-0.4, -0.2) is 56.1 Å². The first kappa shape index (κ1) is 17.5. The van der Waals surface area contributed by atoms with Crippen LogP contribution in [0.1, 0.15) is 38.2 Å². The topological polar surface area (TPSA) is 49.9 Å². The molecule has 2 aliphatic heterocycles. The smallest absolute Gasteiger partial charge is 0.245 e. The molecule has 1 aromatic carbocycles. The summed E-state index contributed by atoms with van der Waals surface area (Å²) in [5.41, 5.74) is 0.516. The van der Waals surface area contributed by atoms with Crippen LogP contribution in [0, 0.1) is 5.92 Å². The van der Waals surface area contributed by atoms with Gasteiger partial charge in [-0.3, -0.25) is 0 Å². The lowest BCUT2D eigenvalue weighted by Gasteiger charge is -2.43. The second-order valence-corrected chi connectivity index (χ2v) is 9.48. The molecule has 1 aliphatic carbocycles. The zero-order valence-corrected chi connectivity index (χ0v) is 15.8. The molecule has 0 unspecified atom stereocenters. The van der Waals surface area contributed by atoms with Crippen LogP contribution in [0.2, 0.25) is 0 Å². The molecule has 4 rings (SSSR count). The van der Waals surface area contributed by atoms with Crippen molar-refractivity contribution >= 4 is 10.0 Å². The number of hydrogen-bond acceptors (Lipinski definition) is 4. The maximum atomic E-state index is 13.2. The van der Waals surface area contributed by atoms with Gasteiger partial charge in [0.1, 0.15) is 5.72 Å². The van der Waals surface area contributed by atoms with E-state index in [1.807, 2.05) is 12.1 Å². The van der Waals surface area contributed by atoms with Crippen molar-refractivity contribution in [3.8, 4) is 0 Å². The van der Waals surface area contributed by atoms with Crippen LogP contribution in [0.15, 0.2) is 29.2 Å². The van der Waals surface area contributed by atoms with Gasteiger partial charge in [-0.05, 0) is 42.9 Å². The molecule has 1 aromatic rings. The summed E-state index contributed by atoms with van der Waals surface area (Å²) in [5.74, 6) is 0.871. The van der Waals surface area contributed by atoms with Crippen molar-refractivity contribution in [2.24, 2.45) is 5.92 Å². The van der Waals surface area contributed by atoms with Gasteiger partial charge in [0, 0.05) is 39.0 Å². The van der Waals surface area contributed by atoms with Crippen molar-refractivity contribution < 1.29 is 13.2 Å². The van der Waals surface area contributed by atoms with Crippen LogP contribution in [0.4, 0.5) is 0 Å². The molecular formula is C19H28N2O3S. The monoisotopic (exact) mass is 364 g/mol. The molecule has 6 heteroatoms. The van der Waals surface area contributed by atoms with Crippen molar-refractivity contribution in [2.75, 3.05) is 32.8 Å². The molecule has 0 radical (unpaired) electrons. The highest BCUT2D eigenvalue weighted by Crippen LogP contribution is 2.39. The molecule has 0 bridgehead atoms. The third kappa shape index (κ3) is 3.37. The average molecular weight is 365 g/mol. The van der Waals surface area contributed by atoms with E-state index in [0.717, 1.165) is 43.8 Å². The Bertz CT molecular complexity index is 705. The minimum absolute atomic E-state index is 0.384. The number of nitrogens with zero attached hydrogens (tertiary/aromatic N) is 2. The summed E-state index contributed by atoms with van der Waals surface area (Å²) in [6, 6.07) is 7.30. The van der Waals surface area contributed by atoms with Crippen LogP contribution < -0.4 is 0 Å². The van der Waals surface area contributed by atoms with Crippen molar-refractivity contribution in [1.82, 2.24) is 9.21 Å². The Balaban J connectivity index is 1.51. The van der Waals surface area contributed by atoms with Crippen molar-refractivity contribution in [3.05, 3.63) is 29.8 Å². The number of sulfonamides is 1. The molecule has 0 N–H and O–H groups in total. The molecule has 2 heterocycles. The molecule has 0 aromatic heterocycles. The predicted octanol–water partition coefficient (Wildman–Crippen LogP) is 2.47. The van der Waals surface area contributed by atoms with Gasteiger partial charge in [-0.25, -0.2) is 8.42 Å². The predicted molar refractivity (Wildman–Crippen MR) is 96.8 cm³/mol. The molecule has 25 heavy (non-hydrogen) atoms. The second-order valence-electron chi connectivity index (χ2n) is 7.61. The lowest BCUT2D eigenvalue weighted by atomic mass is 10.0. The van der Waals surface area contributed by atoms with Crippen LogP contribution in [0.5, 0.6) is 0 Å². The Morgan fingerprint density at radius 3 is 2.40 bits per heavy atom. The zero-order chi connectivity index (χ0) is 17.5. The van der Waals surface area contributed by atoms with E-state index in [1.165, 1.54) is 19.4 Å². The summed E-state index contributed by atoms with van der Waals surface area (Å²) < 4.78 is 34.1. The van der Waals surface area contributed by atoms with E-state index in [-0.39, 0.29) is 0 Å². The first-order valence-corrected chi connectivity index (χ1v) is 11.0. The number of likely N-dealkylation sites (tertiary alicyclic amines) is 1. The van der Waals surface area contributed by atoms with Crippen LogP contribution >= 0.6 is 0 Å². The third-order valence-corrected chi connectivity index (χ3v) is 7.85. The molecule has 1 spiro atoms. The quantitative estimate of drug-likeness (QED) is 0.805. The van der Waals surface area contributed by atoms with Crippen molar-refractivity contribution in [1.29, 1.82) is 0 Å². The summed E-state index contributed by atoms with van der Waals surface area (Å²) in [6.45, 7) is 6.05. The Hall–Kier alpha value is -0.950. The van der Waals surface area contributed by atoms with Gasteiger partial charge in [-0.15, -0.1) is 0 Å². The number of aryl methyl sites for hydroxylation is 1. The lowest BCUT2D eigenvalue weighted by molar-refractivity contribution is -0.0910. The van der Waals surface area contributed by atoms with Crippen LogP contribution in [0.25, 0.3) is 0 Å². The largest absolute Gasteiger partial charge is 0.358 e. The molecule has 0 atom stereocenters. The molecular weight excluding hydrogens is 336 g/mol. The SMILES string of the molecule is CCc1ccc(S(=O)(=O)N2CCOC23CCN(CC2CC2)CC3)cc1. The standard InChI is InChI=1S/C19H28N2O3S/c1-2-16-5-7-18(8-6-16)25(22,23)21-13-14-24-19(21)9-11-20(12-10-19)15-17-3-4-17/h5-8,17H,2-4,9-15H2,1H3. The maximum absolute atomic E-state index is 13.2. The van der Waals surface area contributed by atoms with E-state index in [1.54, 1.807) is 16.4 Å². The summed E-state index contributed by atoms with van der Waals surface area (Å²) in [5, 5.41) is 0. The zero-order valence-electron chi connectivity index (χ0n) is 15.0. The van der Waals surface area contributed by atoms with E-state index in [2.05, 4.69) is 11.8 Å². The first-order valence-electron chi connectivity index (χ1n) is 9.52. The van der Waals surface area contributed by atoms with Gasteiger partial charge in [0.2, 0.25) is 10.0 Å². The van der Waals surface area contributed by atoms with Gasteiger partial charge in [-0.1, -0.05) is 19.1 Å². The van der Waals surface area contributed by atoms with Gasteiger partial charge in [0.05, 0.1) is 11.5 Å². The van der Waals surface area contributed by atoms with E-state index < -0.39 is 15.7 Å². The minimum Gasteiger partial charge on any atom is -0.358 e. The molecule has 5 nitrogen and oxygen atoms in total. The van der Waals surface area contributed by atoms with Crippen molar-refractivity contribution in [3.63, 3.8) is 0 Å². The summed E-state index contributed by atoms with van der Waals surface area (Å²) in [7, 11) is -3.51. The van der Waals surface area contributed by atoms with E-state index >= 15 is 0 Å². The lowest BCUT2D eigenvalue weighted by Crippen LogP contribution is -2.55. The summed E-state index contributed by atoms with van der Waals surface area (Å²) in [4.78, 5) is 2.86. The highest BCUT2D eigenvalue weighted by atomic mass is 32.2. The maximum Gasteiger partial charge on any atom is 0.245 e. The Morgan fingerprint density at radius 1 is 1.12 bits per heavy atom. The summed E-state index contributed by atoms with van der Waals surface area (Å²) >= 11 is 0. The highest BCUT2D eigenvalue weighted by Gasteiger charge is 2.50. The number of rotatable bonds is 5. The second kappa shape index (κ2) is 6.65. The van der Waals surface area contributed by atoms with Crippen molar-refractivity contribution in [2.45, 2.75) is 49.6 Å². The molecule has 3 aliphatic rings. The Kier molecular flexibility index (Phi) is 4.65. The fraction of sp³-hybridized carbons (Fsp3) is 0.684. The molecule has 3 fully saturated rings. The number of hydrogen-bond donors (Lipinski definition) is 0. The fourth-order valence-corrected chi connectivity index (χ4v) is 5.82. The average Bonchev–Trinajstić information content (AvgIpc) is 3.35. The normalized spacial score (nSPS) is 24.8. The molecule has 138 valence electrons. The van der Waals surface area contributed by atoms with E-state index in [0.29, 0.717) is 18.0 Å². The summed E-state index contributed by atoms with van der Waals surface area (Å²) in [6.07, 6.45) is 5.16. The fourth-order valence-electron chi connectivity index (χ4n) is 4.10. The number of benzene rings is 1. The molecule has 1 saturated carbocycles. The Morgan fingerprint density at radius 2 is 1.80 bits per heavy atom. The van der Waals surface area contributed by atoms with E-state index in [4.69, 9.17) is 4.74 Å². The Labute approximate surface area is 151 Å². The molecule has 2 saturated heterocycles. The first-order chi connectivity index (χ1) is 12.0. The van der Waals surface area contributed by atoms with Gasteiger partial charge in [-0.2, -0.15) is 4.31 Å². The number of piperidine rings is 1. The van der Waals surface area contributed by atoms with E-state index in [9.17, 15) is 8.42 Å². The minimum atomic E-state index is -3.51. The third-order valence-electron chi connectivity index (χ3n) is 5.89. The molecule has 0 amide bonds. The highest BCUT2D eigenvalue weighted by molar-refractivity contribution is 7.89. The van der Waals surface area contributed by atoms with Crippen LogP contribution in [0.3, 0.4) is 0 Å². The number of ether oxygens (including phenoxy) is 1. The van der Waals surface area contributed by atoms with Crippen LogP contribution in [-0.2, 0) is 21.2 Å². The van der Waals surface area contributed by atoms with Gasteiger partial charge < -0.3 is 9.64 Å². The van der Waals surface area contributed by atoms with Gasteiger partial charge in [0.25, 0.3) is 0 Å². The van der Waals surface area contributed by atoms with Gasteiger partial charge in [0.15, 0.2) is 0 Å².